The van der Waals surface area contributed by atoms with E-state index < -0.39 is 30.3 Å². The lowest BCUT2D eigenvalue weighted by Gasteiger charge is -2.35. The third-order valence-electron chi connectivity index (χ3n) is 3.67. The second-order valence-electron chi connectivity index (χ2n) is 5.24. The highest BCUT2D eigenvalue weighted by Crippen LogP contribution is 2.35. The first-order valence-electron chi connectivity index (χ1n) is 6.94. The lowest BCUT2D eigenvalue weighted by Crippen LogP contribution is -2.45. The van der Waals surface area contributed by atoms with Crippen LogP contribution in [0.15, 0.2) is 12.1 Å². The molecule has 1 saturated heterocycles. The van der Waals surface area contributed by atoms with Crippen molar-refractivity contribution in [2.45, 2.75) is 25.1 Å². The van der Waals surface area contributed by atoms with Crippen molar-refractivity contribution in [3.05, 3.63) is 34.4 Å². The van der Waals surface area contributed by atoms with E-state index in [2.05, 4.69) is 5.32 Å². The molecule has 0 bridgehead atoms. The van der Waals surface area contributed by atoms with Gasteiger partial charge in [-0.1, -0.05) is 11.6 Å². The maximum absolute atomic E-state index is 14.1. The van der Waals surface area contributed by atoms with Gasteiger partial charge >= 0.3 is 6.18 Å². The Balaban J connectivity index is 0.00000264. The first kappa shape index (κ1) is 20.4. The Morgan fingerprint density at radius 1 is 1.13 bits per heavy atom. The van der Waals surface area contributed by atoms with Crippen molar-refractivity contribution >= 4 is 24.0 Å². The molecule has 0 amide bonds. The van der Waals surface area contributed by atoms with Gasteiger partial charge in [-0.25, -0.2) is 8.78 Å². The molecule has 1 aromatic carbocycles. The van der Waals surface area contributed by atoms with Crippen LogP contribution in [0.3, 0.4) is 0 Å². The van der Waals surface area contributed by atoms with E-state index in [0.29, 0.717) is 26.2 Å². The molecule has 132 valence electrons. The van der Waals surface area contributed by atoms with Gasteiger partial charge in [-0.3, -0.25) is 4.90 Å². The minimum atomic E-state index is -4.37. The van der Waals surface area contributed by atoms with E-state index in [0.717, 1.165) is 12.1 Å². The average Bonchev–Trinajstić information content (AvgIpc) is 2.41. The van der Waals surface area contributed by atoms with E-state index in [4.69, 9.17) is 11.6 Å². The summed E-state index contributed by atoms with van der Waals surface area (Å²) in [5, 5.41) is 2.94. The molecule has 2 rings (SSSR count). The largest absolute Gasteiger partial charge is 0.389 e. The zero-order valence-electron chi connectivity index (χ0n) is 12.1. The third-order valence-corrected chi connectivity index (χ3v) is 3.89. The highest BCUT2D eigenvalue weighted by molar-refractivity contribution is 6.30. The summed E-state index contributed by atoms with van der Waals surface area (Å²) in [7, 11) is 0. The molecule has 0 unspecified atom stereocenters. The van der Waals surface area contributed by atoms with E-state index in [1.165, 1.54) is 0 Å². The van der Waals surface area contributed by atoms with E-state index in [-0.39, 0.29) is 29.4 Å². The highest BCUT2D eigenvalue weighted by atomic mass is 35.5. The standard InChI is InChI=1S/C14H16ClF5N2.ClH/c15-9-7-10(16)13(11(17)8-9)12(1-2-14(18,19)20)22-5-3-21-4-6-22;/h7-8,12,21H,1-6H2;1H/t12-;/m0./s1. The van der Waals surface area contributed by atoms with Crippen molar-refractivity contribution in [2.75, 3.05) is 26.2 Å². The van der Waals surface area contributed by atoms with Gasteiger partial charge in [0.1, 0.15) is 11.6 Å². The summed E-state index contributed by atoms with van der Waals surface area (Å²) in [6.07, 6.45) is -5.85. The Kier molecular flexibility index (Phi) is 7.51. The van der Waals surface area contributed by atoms with Gasteiger partial charge in [0.2, 0.25) is 0 Å². The number of rotatable bonds is 4. The summed E-state index contributed by atoms with van der Waals surface area (Å²) in [4.78, 5) is 1.68. The fraction of sp³-hybridized carbons (Fsp3) is 0.571. The second kappa shape index (κ2) is 8.46. The molecule has 0 radical (unpaired) electrons. The topological polar surface area (TPSA) is 15.3 Å². The minimum Gasteiger partial charge on any atom is -0.314 e. The predicted octanol–water partition coefficient (Wildman–Crippen LogP) is 4.33. The summed E-state index contributed by atoms with van der Waals surface area (Å²) in [6.45, 7) is 2.01. The molecule has 1 aromatic rings. The van der Waals surface area contributed by atoms with Gasteiger partial charge in [-0.2, -0.15) is 13.2 Å². The molecule has 0 aromatic heterocycles. The number of hydrogen-bond donors (Lipinski definition) is 1. The van der Waals surface area contributed by atoms with E-state index in [1.807, 2.05) is 0 Å². The normalized spacial score (nSPS) is 17.7. The molecule has 1 aliphatic heterocycles. The van der Waals surface area contributed by atoms with Gasteiger partial charge in [0.05, 0.1) is 0 Å². The van der Waals surface area contributed by atoms with Gasteiger partial charge in [0.15, 0.2) is 0 Å². The lowest BCUT2D eigenvalue weighted by molar-refractivity contribution is -0.138. The number of nitrogens with zero attached hydrogens (tertiary/aromatic N) is 1. The molecule has 0 spiro atoms. The van der Waals surface area contributed by atoms with E-state index >= 15 is 0 Å². The first-order chi connectivity index (χ1) is 10.3. The van der Waals surface area contributed by atoms with Crippen LogP contribution < -0.4 is 5.32 Å². The van der Waals surface area contributed by atoms with Crippen LogP contribution in [0.5, 0.6) is 0 Å². The molecule has 1 aliphatic rings. The molecule has 1 fully saturated rings. The van der Waals surface area contributed by atoms with Crippen LogP contribution in [0.1, 0.15) is 24.4 Å². The molecule has 23 heavy (non-hydrogen) atoms. The molecule has 9 heteroatoms. The van der Waals surface area contributed by atoms with Crippen LogP contribution in [0, 0.1) is 11.6 Å². The number of benzene rings is 1. The van der Waals surface area contributed by atoms with Gasteiger partial charge in [-0.05, 0) is 18.6 Å². The quantitative estimate of drug-likeness (QED) is 0.784. The monoisotopic (exact) mass is 378 g/mol. The number of nitrogens with one attached hydrogen (secondary N) is 1. The zero-order valence-corrected chi connectivity index (χ0v) is 13.7. The summed E-state index contributed by atoms with van der Waals surface area (Å²) in [5.41, 5.74) is -0.337. The van der Waals surface area contributed by atoms with Crippen LogP contribution in [-0.4, -0.2) is 37.3 Å². The second-order valence-corrected chi connectivity index (χ2v) is 5.68. The molecular formula is C14H17Cl2F5N2. The molecule has 2 nitrogen and oxygen atoms in total. The molecule has 0 saturated carbocycles. The maximum atomic E-state index is 14.1. The van der Waals surface area contributed by atoms with Gasteiger partial charge in [0, 0.05) is 49.2 Å². The number of hydrogen-bond acceptors (Lipinski definition) is 2. The van der Waals surface area contributed by atoms with Crippen molar-refractivity contribution in [1.82, 2.24) is 10.2 Å². The Bertz CT molecular complexity index is 495. The van der Waals surface area contributed by atoms with Crippen molar-refractivity contribution < 1.29 is 22.0 Å². The molecule has 1 heterocycles. The van der Waals surface area contributed by atoms with Crippen LogP contribution in [0.25, 0.3) is 0 Å². The van der Waals surface area contributed by atoms with Crippen LogP contribution in [0.4, 0.5) is 22.0 Å². The maximum Gasteiger partial charge on any atom is 0.389 e. The summed E-state index contributed by atoms with van der Waals surface area (Å²) < 4.78 is 65.8. The van der Waals surface area contributed by atoms with Crippen LogP contribution in [0.2, 0.25) is 5.02 Å². The fourth-order valence-corrected chi connectivity index (χ4v) is 2.87. The molecule has 1 N–H and O–H groups in total. The van der Waals surface area contributed by atoms with Crippen molar-refractivity contribution in [2.24, 2.45) is 0 Å². The lowest BCUT2D eigenvalue weighted by atomic mass is 9.98. The first-order valence-corrected chi connectivity index (χ1v) is 7.31. The van der Waals surface area contributed by atoms with Gasteiger partial charge in [-0.15, -0.1) is 12.4 Å². The summed E-state index contributed by atoms with van der Waals surface area (Å²) >= 11 is 5.58. The van der Waals surface area contributed by atoms with E-state index in [9.17, 15) is 22.0 Å². The summed E-state index contributed by atoms with van der Waals surface area (Å²) in [5.74, 6) is -1.81. The number of halogens is 7. The number of alkyl halides is 3. The Hall–Kier alpha value is -0.630. The van der Waals surface area contributed by atoms with Crippen molar-refractivity contribution in [3.63, 3.8) is 0 Å². The predicted molar refractivity (Wildman–Crippen MR) is 81.1 cm³/mol. The fourth-order valence-electron chi connectivity index (χ4n) is 2.68. The molecule has 0 aliphatic carbocycles. The van der Waals surface area contributed by atoms with Crippen molar-refractivity contribution in [3.8, 4) is 0 Å². The van der Waals surface area contributed by atoms with E-state index in [1.54, 1.807) is 4.90 Å². The zero-order chi connectivity index (χ0) is 16.3. The average molecular weight is 379 g/mol. The summed E-state index contributed by atoms with van der Waals surface area (Å²) in [6, 6.07) is 0.909. The highest BCUT2D eigenvalue weighted by Gasteiger charge is 2.33. The van der Waals surface area contributed by atoms with Gasteiger partial charge in [0.25, 0.3) is 0 Å². The Labute approximate surface area is 142 Å². The SMILES string of the molecule is Cl.Fc1cc(Cl)cc(F)c1[C@H](CCC(F)(F)F)N1CCNCC1. The smallest absolute Gasteiger partial charge is 0.314 e. The van der Waals surface area contributed by atoms with Crippen LogP contribution in [-0.2, 0) is 0 Å². The van der Waals surface area contributed by atoms with Crippen LogP contribution >= 0.6 is 24.0 Å². The van der Waals surface area contributed by atoms with Crippen molar-refractivity contribution in [1.29, 1.82) is 0 Å². The minimum absolute atomic E-state index is 0. The molecule has 1 atom stereocenters. The van der Waals surface area contributed by atoms with Gasteiger partial charge < -0.3 is 5.32 Å². The molecular weight excluding hydrogens is 362 g/mol. The number of piperazine rings is 1. The Morgan fingerprint density at radius 3 is 2.13 bits per heavy atom. The third kappa shape index (κ3) is 5.74. The Morgan fingerprint density at radius 2 is 1.65 bits per heavy atom.